The van der Waals surface area contributed by atoms with E-state index in [1.165, 1.54) is 0 Å². The molecule has 0 bridgehead atoms. The molecule has 0 aliphatic carbocycles. The molecule has 0 spiro atoms. The number of carbonyl (C=O) groups excluding carboxylic acids is 3. The molecular formula is C22H34BrNO7. The van der Waals surface area contributed by atoms with Crippen LogP contribution in [-0.4, -0.2) is 35.2 Å². The minimum Gasteiger partial charge on any atom is -0.444 e. The van der Waals surface area contributed by atoms with Gasteiger partial charge in [-0.05, 0) is 86.9 Å². The Kier molecular flexibility index (Phi) is 10.5. The van der Waals surface area contributed by atoms with Gasteiger partial charge in [-0.15, -0.1) is 0 Å². The molecule has 0 aromatic heterocycles. The summed E-state index contributed by atoms with van der Waals surface area (Å²) in [7, 11) is 0. The maximum absolute atomic E-state index is 11.5. The maximum Gasteiger partial charge on any atom is 0.519 e. The van der Waals surface area contributed by atoms with Crippen molar-refractivity contribution >= 4 is 40.0 Å². The maximum atomic E-state index is 11.5. The number of rotatable bonds is 1. The monoisotopic (exact) mass is 503 g/mol. The van der Waals surface area contributed by atoms with Gasteiger partial charge in [0.1, 0.15) is 16.8 Å². The van der Waals surface area contributed by atoms with E-state index in [2.05, 4.69) is 26.0 Å². The van der Waals surface area contributed by atoms with Gasteiger partial charge in [0.15, 0.2) is 0 Å². The fourth-order valence-corrected chi connectivity index (χ4v) is 2.08. The van der Waals surface area contributed by atoms with Crippen LogP contribution in [0.2, 0.25) is 0 Å². The lowest BCUT2D eigenvalue weighted by Crippen LogP contribution is -2.29. The Morgan fingerprint density at radius 2 is 1.19 bits per heavy atom. The largest absolute Gasteiger partial charge is 0.519 e. The first kappa shape index (κ1) is 28.7. The molecule has 9 heteroatoms. The first-order valence-electron chi connectivity index (χ1n) is 9.67. The molecule has 1 aromatic carbocycles. The highest BCUT2D eigenvalue weighted by Gasteiger charge is 2.24. The van der Waals surface area contributed by atoms with Crippen LogP contribution in [0.25, 0.3) is 0 Å². The summed E-state index contributed by atoms with van der Waals surface area (Å²) < 4.78 is 19.9. The Morgan fingerprint density at radius 1 is 0.774 bits per heavy atom. The van der Waals surface area contributed by atoms with Crippen molar-refractivity contribution in [3.05, 3.63) is 28.2 Å². The number of hydrogen-bond donors (Lipinski definition) is 1. The second-order valence-corrected chi connectivity index (χ2v) is 10.5. The number of aryl methyl sites for hydroxylation is 1. The highest BCUT2D eigenvalue weighted by Crippen LogP contribution is 2.21. The number of ether oxygens (including phenoxy) is 4. The number of nitrogens with one attached hydrogen (secondary N) is 1. The van der Waals surface area contributed by atoms with Crippen LogP contribution in [0.1, 0.15) is 67.9 Å². The van der Waals surface area contributed by atoms with E-state index in [9.17, 15) is 14.4 Å². The smallest absolute Gasteiger partial charge is 0.444 e. The van der Waals surface area contributed by atoms with Crippen molar-refractivity contribution in [3.63, 3.8) is 0 Å². The van der Waals surface area contributed by atoms with Gasteiger partial charge < -0.3 is 18.9 Å². The van der Waals surface area contributed by atoms with E-state index < -0.39 is 35.2 Å². The van der Waals surface area contributed by atoms with Gasteiger partial charge >= 0.3 is 18.4 Å². The molecule has 1 aromatic rings. The van der Waals surface area contributed by atoms with E-state index in [0.717, 1.165) is 10.0 Å². The molecule has 8 nitrogen and oxygen atoms in total. The van der Waals surface area contributed by atoms with Crippen molar-refractivity contribution in [1.82, 2.24) is 0 Å². The van der Waals surface area contributed by atoms with Crippen LogP contribution in [-0.2, 0) is 18.9 Å². The third-order valence-electron chi connectivity index (χ3n) is 2.76. The average molecular weight is 504 g/mol. The topological polar surface area (TPSA) is 100 Å². The van der Waals surface area contributed by atoms with Gasteiger partial charge in [0, 0.05) is 10.2 Å². The van der Waals surface area contributed by atoms with E-state index in [0.29, 0.717) is 5.69 Å². The van der Waals surface area contributed by atoms with Crippen molar-refractivity contribution in [2.24, 2.45) is 0 Å². The molecule has 1 amide bonds. The van der Waals surface area contributed by atoms with Gasteiger partial charge in [0.05, 0.1) is 0 Å². The predicted octanol–water partition coefficient (Wildman–Crippen LogP) is 6.98. The van der Waals surface area contributed by atoms with E-state index in [4.69, 9.17) is 14.2 Å². The summed E-state index contributed by atoms with van der Waals surface area (Å²) in [5, 5.41) is 2.68. The Morgan fingerprint density at radius 3 is 1.55 bits per heavy atom. The van der Waals surface area contributed by atoms with E-state index in [1.807, 2.05) is 45.9 Å². The number of halogens is 1. The molecule has 0 radical (unpaired) electrons. The second kappa shape index (κ2) is 11.4. The van der Waals surface area contributed by atoms with Crippen molar-refractivity contribution in [2.75, 3.05) is 5.32 Å². The standard InChI is InChI=1S/C12H16BrNO2.C10H18O5/c1-8-5-6-9(7-10(8)13)14-11(15)16-12(2,3)4;1-9(2,3)14-7(11)13-8(12)15-10(4,5)6/h5-7H,1-4H3,(H,14,15);1-6H3. The third kappa shape index (κ3) is 16.1. The summed E-state index contributed by atoms with van der Waals surface area (Å²) in [4.78, 5) is 33.5. The molecule has 0 atom stereocenters. The number of benzene rings is 1. The zero-order valence-electron chi connectivity index (χ0n) is 20.0. The molecule has 0 unspecified atom stereocenters. The molecular weight excluding hydrogens is 470 g/mol. The first-order valence-corrected chi connectivity index (χ1v) is 10.5. The predicted molar refractivity (Wildman–Crippen MR) is 122 cm³/mol. The van der Waals surface area contributed by atoms with Gasteiger partial charge in [-0.1, -0.05) is 22.0 Å². The number of carbonyl (C=O) groups is 3. The van der Waals surface area contributed by atoms with Crippen LogP contribution in [0.5, 0.6) is 0 Å². The molecule has 0 fully saturated rings. The highest BCUT2D eigenvalue weighted by atomic mass is 79.9. The van der Waals surface area contributed by atoms with Crippen LogP contribution >= 0.6 is 15.9 Å². The van der Waals surface area contributed by atoms with Crippen LogP contribution in [0.4, 0.5) is 20.1 Å². The van der Waals surface area contributed by atoms with Crippen molar-refractivity contribution in [3.8, 4) is 0 Å². The van der Waals surface area contributed by atoms with Gasteiger partial charge in [0.25, 0.3) is 0 Å². The van der Waals surface area contributed by atoms with Crippen LogP contribution < -0.4 is 5.32 Å². The molecule has 0 saturated carbocycles. The van der Waals surface area contributed by atoms with Crippen LogP contribution in [0.3, 0.4) is 0 Å². The third-order valence-corrected chi connectivity index (χ3v) is 3.62. The Bertz CT molecular complexity index is 746. The summed E-state index contributed by atoms with van der Waals surface area (Å²) in [6.07, 6.45) is -2.56. The normalized spacial score (nSPS) is 11.5. The summed E-state index contributed by atoms with van der Waals surface area (Å²) in [5.41, 5.74) is -0.0361. The zero-order valence-corrected chi connectivity index (χ0v) is 21.6. The highest BCUT2D eigenvalue weighted by molar-refractivity contribution is 9.10. The Balaban J connectivity index is 0.000000582. The summed E-state index contributed by atoms with van der Waals surface area (Å²) >= 11 is 3.41. The molecule has 0 heterocycles. The minimum atomic E-state index is -1.06. The molecule has 1 N–H and O–H groups in total. The molecule has 1 rings (SSSR count). The number of hydrogen-bond acceptors (Lipinski definition) is 7. The quantitative estimate of drug-likeness (QED) is 0.250. The molecule has 176 valence electrons. The lowest BCUT2D eigenvalue weighted by atomic mass is 10.2. The number of anilines is 1. The fourth-order valence-electron chi connectivity index (χ4n) is 1.70. The van der Waals surface area contributed by atoms with Crippen molar-refractivity contribution < 1.29 is 33.3 Å². The summed E-state index contributed by atoms with van der Waals surface area (Å²) in [6, 6.07) is 5.61. The summed E-state index contributed by atoms with van der Waals surface area (Å²) in [6.45, 7) is 17.5. The SMILES string of the molecule is CC(C)(C)OC(=O)OC(=O)OC(C)(C)C.Cc1ccc(NC(=O)OC(C)(C)C)cc1Br. The van der Waals surface area contributed by atoms with E-state index >= 15 is 0 Å². The Hall–Kier alpha value is -2.29. The van der Waals surface area contributed by atoms with Gasteiger partial charge in [-0.2, -0.15) is 0 Å². The van der Waals surface area contributed by atoms with E-state index in [1.54, 1.807) is 41.5 Å². The second-order valence-electron chi connectivity index (χ2n) is 9.62. The Labute approximate surface area is 193 Å². The molecule has 0 aliphatic rings. The van der Waals surface area contributed by atoms with Gasteiger partial charge in [-0.25, -0.2) is 14.4 Å². The molecule has 0 saturated heterocycles. The van der Waals surface area contributed by atoms with Crippen molar-refractivity contribution in [1.29, 1.82) is 0 Å². The molecule has 31 heavy (non-hydrogen) atoms. The van der Waals surface area contributed by atoms with Gasteiger partial charge in [0.2, 0.25) is 0 Å². The fraction of sp³-hybridized carbons (Fsp3) is 0.591. The zero-order chi connectivity index (χ0) is 24.6. The number of amides is 1. The van der Waals surface area contributed by atoms with Crippen molar-refractivity contribution in [2.45, 2.75) is 86.0 Å². The van der Waals surface area contributed by atoms with Crippen LogP contribution in [0.15, 0.2) is 22.7 Å². The van der Waals surface area contributed by atoms with Gasteiger partial charge in [-0.3, -0.25) is 5.32 Å². The van der Waals surface area contributed by atoms with E-state index in [-0.39, 0.29) is 0 Å². The minimum absolute atomic E-state index is 0.441. The average Bonchev–Trinajstić information content (AvgIpc) is 2.45. The lowest BCUT2D eigenvalue weighted by Gasteiger charge is -2.20. The molecule has 0 aliphatic heterocycles. The first-order chi connectivity index (χ1) is 13.8. The lowest BCUT2D eigenvalue weighted by molar-refractivity contribution is -0.0294. The van der Waals surface area contributed by atoms with Crippen LogP contribution in [0, 0.1) is 6.92 Å². The summed E-state index contributed by atoms with van der Waals surface area (Å²) in [5.74, 6) is 0.